The van der Waals surface area contributed by atoms with Crippen LogP contribution in [-0.4, -0.2) is 30.8 Å². The summed E-state index contributed by atoms with van der Waals surface area (Å²) in [6.45, 7) is 4.72. The molecule has 0 saturated carbocycles. The van der Waals surface area contributed by atoms with E-state index in [0.717, 1.165) is 11.3 Å². The van der Waals surface area contributed by atoms with Gasteiger partial charge in [0, 0.05) is 24.1 Å². The van der Waals surface area contributed by atoms with Crippen LogP contribution in [-0.2, 0) is 4.79 Å². The van der Waals surface area contributed by atoms with Gasteiger partial charge < -0.3 is 15.2 Å². The van der Waals surface area contributed by atoms with Crippen molar-refractivity contribution in [3.63, 3.8) is 0 Å². The summed E-state index contributed by atoms with van der Waals surface area (Å²) >= 11 is 0. The second-order valence-corrected chi connectivity index (χ2v) is 5.44. The number of aliphatic hydroxyl groups excluding tert-OH is 1. The maximum atomic E-state index is 12.1. The highest BCUT2D eigenvalue weighted by molar-refractivity contribution is 5.85. The Balaban J connectivity index is 2.00. The van der Waals surface area contributed by atoms with Crippen LogP contribution in [0, 0.1) is 5.41 Å². The van der Waals surface area contributed by atoms with Crippen molar-refractivity contribution in [2.75, 3.05) is 19.8 Å². The van der Waals surface area contributed by atoms with Gasteiger partial charge in [-0.2, -0.15) is 0 Å². The van der Waals surface area contributed by atoms with Crippen molar-refractivity contribution >= 4 is 5.91 Å². The molecule has 0 aliphatic carbocycles. The lowest BCUT2D eigenvalue weighted by Gasteiger charge is -2.22. The van der Waals surface area contributed by atoms with Crippen LogP contribution in [0.1, 0.15) is 25.3 Å². The second kappa shape index (κ2) is 4.98. The molecule has 98 valence electrons. The molecule has 4 nitrogen and oxygen atoms in total. The van der Waals surface area contributed by atoms with Gasteiger partial charge in [-0.15, -0.1) is 0 Å². The highest BCUT2D eigenvalue weighted by Gasteiger charge is 2.30. The molecule has 1 heterocycles. The fourth-order valence-electron chi connectivity index (χ4n) is 1.89. The first-order valence-electron chi connectivity index (χ1n) is 6.14. The van der Waals surface area contributed by atoms with Gasteiger partial charge in [0.25, 0.3) is 0 Å². The molecule has 2 N–H and O–H groups in total. The quantitative estimate of drug-likeness (QED) is 0.845. The van der Waals surface area contributed by atoms with Crippen LogP contribution in [0.4, 0.5) is 0 Å². The number of benzene rings is 1. The van der Waals surface area contributed by atoms with Gasteiger partial charge in [-0.1, -0.05) is 32.0 Å². The van der Waals surface area contributed by atoms with E-state index < -0.39 is 0 Å². The standard InChI is InChI=1S/C14H19NO3/c1-14(2,9-16)8-15-13(17)11-7-18-12-6-4-3-5-10(11)12/h3-6,11,16H,7-9H2,1-2H3,(H,15,17). The molecule has 1 aliphatic rings. The number of ether oxygens (including phenoxy) is 1. The molecule has 0 fully saturated rings. The van der Waals surface area contributed by atoms with E-state index in [9.17, 15) is 4.79 Å². The number of nitrogens with one attached hydrogen (secondary N) is 1. The molecule has 1 amide bonds. The highest BCUT2D eigenvalue weighted by atomic mass is 16.5. The fourth-order valence-corrected chi connectivity index (χ4v) is 1.89. The number of hydrogen-bond donors (Lipinski definition) is 2. The number of hydrogen-bond acceptors (Lipinski definition) is 3. The summed E-state index contributed by atoms with van der Waals surface area (Å²) in [7, 11) is 0. The average molecular weight is 249 g/mol. The SMILES string of the molecule is CC(C)(CO)CNC(=O)C1COc2ccccc21. The Labute approximate surface area is 107 Å². The Morgan fingerprint density at radius 2 is 2.22 bits per heavy atom. The highest BCUT2D eigenvalue weighted by Crippen LogP contribution is 2.33. The summed E-state index contributed by atoms with van der Waals surface area (Å²) in [5.74, 6) is 0.510. The van der Waals surface area contributed by atoms with E-state index in [-0.39, 0.29) is 23.8 Å². The first kappa shape index (κ1) is 12.9. The summed E-state index contributed by atoms with van der Waals surface area (Å²) in [4.78, 5) is 12.1. The summed E-state index contributed by atoms with van der Waals surface area (Å²) in [6.07, 6.45) is 0. The zero-order chi connectivity index (χ0) is 13.2. The number of rotatable bonds is 4. The Hall–Kier alpha value is -1.55. The van der Waals surface area contributed by atoms with Crippen LogP contribution in [0.2, 0.25) is 0 Å². The lowest BCUT2D eigenvalue weighted by atomic mass is 9.94. The first-order valence-corrected chi connectivity index (χ1v) is 6.14. The van der Waals surface area contributed by atoms with Crippen LogP contribution in [0.3, 0.4) is 0 Å². The summed E-state index contributed by atoms with van der Waals surface area (Å²) in [5, 5.41) is 12.0. The number of aliphatic hydroxyl groups is 1. The molecule has 0 saturated heterocycles. The lowest BCUT2D eigenvalue weighted by molar-refractivity contribution is -0.123. The normalized spacial score (nSPS) is 18.1. The van der Waals surface area contributed by atoms with Gasteiger partial charge in [-0.3, -0.25) is 4.79 Å². The van der Waals surface area contributed by atoms with Gasteiger partial charge in [-0.05, 0) is 6.07 Å². The molecule has 0 radical (unpaired) electrons. The number of carbonyl (C=O) groups is 1. The van der Waals surface area contributed by atoms with Crippen molar-refractivity contribution in [1.29, 1.82) is 0 Å². The van der Waals surface area contributed by atoms with Gasteiger partial charge in [0.15, 0.2) is 0 Å². The molecule has 4 heteroatoms. The lowest BCUT2D eigenvalue weighted by Crippen LogP contribution is -2.38. The summed E-state index contributed by atoms with van der Waals surface area (Å²) in [5.41, 5.74) is 0.645. The minimum atomic E-state index is -0.297. The third kappa shape index (κ3) is 2.64. The van der Waals surface area contributed by atoms with Crippen molar-refractivity contribution in [2.45, 2.75) is 19.8 Å². The van der Waals surface area contributed by atoms with Gasteiger partial charge in [0.1, 0.15) is 18.3 Å². The maximum Gasteiger partial charge on any atom is 0.231 e. The monoisotopic (exact) mass is 249 g/mol. The van der Waals surface area contributed by atoms with Crippen molar-refractivity contribution in [3.8, 4) is 5.75 Å². The molecule has 2 rings (SSSR count). The molecule has 1 aliphatic heterocycles. The van der Waals surface area contributed by atoms with E-state index in [4.69, 9.17) is 9.84 Å². The molecular formula is C14H19NO3. The molecule has 0 spiro atoms. The molecule has 1 aromatic rings. The first-order chi connectivity index (χ1) is 8.53. The zero-order valence-electron chi connectivity index (χ0n) is 10.8. The van der Waals surface area contributed by atoms with Crippen LogP contribution >= 0.6 is 0 Å². The number of para-hydroxylation sites is 1. The number of carbonyl (C=O) groups excluding carboxylic acids is 1. The Bertz CT molecular complexity index is 442. The van der Waals surface area contributed by atoms with E-state index in [0.29, 0.717) is 13.2 Å². The molecule has 1 aromatic carbocycles. The van der Waals surface area contributed by atoms with E-state index in [2.05, 4.69) is 5.32 Å². The minimum Gasteiger partial charge on any atom is -0.492 e. The Kier molecular flexibility index (Phi) is 3.57. The molecule has 1 atom stereocenters. The minimum absolute atomic E-state index is 0.0403. The average Bonchev–Trinajstić information content (AvgIpc) is 2.80. The molecule has 18 heavy (non-hydrogen) atoms. The van der Waals surface area contributed by atoms with Crippen molar-refractivity contribution in [1.82, 2.24) is 5.32 Å². The molecule has 0 bridgehead atoms. The van der Waals surface area contributed by atoms with Gasteiger partial charge >= 0.3 is 0 Å². The molecular weight excluding hydrogens is 230 g/mol. The third-order valence-corrected chi connectivity index (χ3v) is 3.19. The molecule has 1 unspecified atom stereocenters. The topological polar surface area (TPSA) is 58.6 Å². The van der Waals surface area contributed by atoms with Crippen molar-refractivity contribution < 1.29 is 14.6 Å². The molecule has 0 aromatic heterocycles. The number of amides is 1. The van der Waals surface area contributed by atoms with Crippen LogP contribution in [0.5, 0.6) is 5.75 Å². The van der Waals surface area contributed by atoms with Gasteiger partial charge in [0.2, 0.25) is 5.91 Å². The van der Waals surface area contributed by atoms with Crippen molar-refractivity contribution in [2.24, 2.45) is 5.41 Å². The predicted octanol–water partition coefficient (Wildman–Crippen LogP) is 1.30. The smallest absolute Gasteiger partial charge is 0.231 e. The largest absolute Gasteiger partial charge is 0.492 e. The van der Waals surface area contributed by atoms with Gasteiger partial charge in [0.05, 0.1) is 0 Å². The van der Waals surface area contributed by atoms with Crippen molar-refractivity contribution in [3.05, 3.63) is 29.8 Å². The van der Waals surface area contributed by atoms with E-state index in [1.807, 2.05) is 38.1 Å². The fraction of sp³-hybridized carbons (Fsp3) is 0.500. The van der Waals surface area contributed by atoms with Gasteiger partial charge in [-0.25, -0.2) is 0 Å². The van der Waals surface area contributed by atoms with Crippen LogP contribution in [0.25, 0.3) is 0 Å². The van der Waals surface area contributed by atoms with E-state index >= 15 is 0 Å². The number of fused-ring (bicyclic) bond motifs is 1. The van der Waals surface area contributed by atoms with E-state index in [1.54, 1.807) is 0 Å². The maximum absolute atomic E-state index is 12.1. The van der Waals surface area contributed by atoms with Crippen LogP contribution < -0.4 is 10.1 Å². The second-order valence-electron chi connectivity index (χ2n) is 5.44. The van der Waals surface area contributed by atoms with E-state index in [1.165, 1.54) is 0 Å². The summed E-state index contributed by atoms with van der Waals surface area (Å²) < 4.78 is 5.48. The third-order valence-electron chi connectivity index (χ3n) is 3.19. The predicted molar refractivity (Wildman–Crippen MR) is 68.6 cm³/mol. The zero-order valence-corrected chi connectivity index (χ0v) is 10.8. The summed E-state index contributed by atoms with van der Waals surface area (Å²) in [6, 6.07) is 7.60. The van der Waals surface area contributed by atoms with Crippen LogP contribution in [0.15, 0.2) is 24.3 Å². The Morgan fingerprint density at radius 3 is 2.94 bits per heavy atom. The Morgan fingerprint density at radius 1 is 1.50 bits per heavy atom.